The van der Waals surface area contributed by atoms with E-state index in [-0.39, 0.29) is 12.0 Å². The van der Waals surface area contributed by atoms with Gasteiger partial charge in [0.25, 0.3) is 5.91 Å². The van der Waals surface area contributed by atoms with Crippen LogP contribution in [0.15, 0.2) is 59.9 Å². The molecule has 1 aromatic heterocycles. The third kappa shape index (κ3) is 4.67. The molecule has 6 heteroatoms. The zero-order valence-corrected chi connectivity index (χ0v) is 15.5. The molecule has 0 unspecified atom stereocenters. The number of carbonyl (C=O) groups excluding carboxylic acids is 1. The van der Waals surface area contributed by atoms with Crippen molar-refractivity contribution in [3.05, 3.63) is 66.0 Å². The topological polar surface area (TPSA) is 73.7 Å². The molecule has 0 atom stereocenters. The molecule has 3 rings (SSSR count). The molecule has 0 N–H and O–H groups in total. The van der Waals surface area contributed by atoms with Crippen LogP contribution < -0.4 is 4.74 Å². The van der Waals surface area contributed by atoms with Gasteiger partial charge in [-0.1, -0.05) is 0 Å². The Hall–Kier alpha value is -3.28. The van der Waals surface area contributed by atoms with Crippen molar-refractivity contribution >= 4 is 22.8 Å². The molecule has 6 nitrogen and oxygen atoms in total. The Kier molecular flexibility index (Phi) is 5.76. The summed E-state index contributed by atoms with van der Waals surface area (Å²) in [4.78, 5) is 25.2. The summed E-state index contributed by atoms with van der Waals surface area (Å²) in [5.74, 6) is 0.635. The van der Waals surface area contributed by atoms with E-state index < -0.39 is 5.91 Å². The molecule has 0 aliphatic carbocycles. The Balaban J connectivity index is 1.88. The summed E-state index contributed by atoms with van der Waals surface area (Å²) >= 11 is 0. The van der Waals surface area contributed by atoms with Crippen LogP contribution in [-0.4, -0.2) is 34.5 Å². The fourth-order valence-electron chi connectivity index (χ4n) is 2.52. The Morgan fingerprint density at radius 1 is 1.00 bits per heavy atom. The van der Waals surface area contributed by atoms with E-state index in [0.29, 0.717) is 23.3 Å². The van der Waals surface area contributed by atoms with Gasteiger partial charge in [0.15, 0.2) is 0 Å². The third-order valence-electron chi connectivity index (χ3n) is 3.67. The SMILES string of the molecule is CCOC(=NC(=O)c1ccc2nccnc2c1)c1ccc(OC(C)C)cc1. The molecule has 1 heterocycles. The minimum Gasteiger partial charge on any atom is -0.491 e. The number of hydrogen-bond donors (Lipinski definition) is 0. The van der Waals surface area contributed by atoms with Gasteiger partial charge in [-0.2, -0.15) is 4.99 Å². The summed E-state index contributed by atoms with van der Waals surface area (Å²) in [6.45, 7) is 6.18. The molecule has 2 aromatic carbocycles. The second-order valence-electron chi connectivity index (χ2n) is 6.11. The number of aliphatic imine (C=N–C) groups is 1. The number of fused-ring (bicyclic) bond motifs is 1. The maximum atomic E-state index is 12.6. The average molecular weight is 363 g/mol. The van der Waals surface area contributed by atoms with Crippen LogP contribution in [0.2, 0.25) is 0 Å². The Bertz CT molecular complexity index is 966. The molecule has 0 saturated heterocycles. The number of aromatic nitrogens is 2. The van der Waals surface area contributed by atoms with Crippen molar-refractivity contribution in [3.8, 4) is 5.75 Å². The predicted octanol–water partition coefficient (Wildman–Crippen LogP) is 4.04. The number of ether oxygens (including phenoxy) is 2. The lowest BCUT2D eigenvalue weighted by Crippen LogP contribution is -2.11. The van der Waals surface area contributed by atoms with Crippen LogP contribution in [0.4, 0.5) is 0 Å². The zero-order chi connectivity index (χ0) is 19.2. The molecule has 0 saturated carbocycles. The highest BCUT2D eigenvalue weighted by molar-refractivity contribution is 6.08. The van der Waals surface area contributed by atoms with Crippen LogP contribution >= 0.6 is 0 Å². The number of carbonyl (C=O) groups is 1. The van der Waals surface area contributed by atoms with Crippen LogP contribution in [0.3, 0.4) is 0 Å². The van der Waals surface area contributed by atoms with Gasteiger partial charge in [0.2, 0.25) is 5.90 Å². The largest absolute Gasteiger partial charge is 0.491 e. The van der Waals surface area contributed by atoms with Gasteiger partial charge in [-0.05, 0) is 63.2 Å². The van der Waals surface area contributed by atoms with E-state index in [4.69, 9.17) is 9.47 Å². The van der Waals surface area contributed by atoms with Crippen molar-refractivity contribution in [2.45, 2.75) is 26.9 Å². The molecule has 0 fully saturated rings. The second-order valence-corrected chi connectivity index (χ2v) is 6.11. The van der Waals surface area contributed by atoms with E-state index in [1.54, 1.807) is 30.6 Å². The van der Waals surface area contributed by atoms with Gasteiger partial charge >= 0.3 is 0 Å². The standard InChI is InChI=1S/C21H21N3O3/c1-4-26-21(15-5-8-17(9-6-15)27-14(2)3)24-20(25)16-7-10-18-19(13-16)23-12-11-22-18/h5-14H,4H2,1-3H3. The Labute approximate surface area is 157 Å². The third-order valence-corrected chi connectivity index (χ3v) is 3.67. The van der Waals surface area contributed by atoms with E-state index in [1.165, 1.54) is 0 Å². The molecular weight excluding hydrogens is 342 g/mol. The summed E-state index contributed by atoms with van der Waals surface area (Å²) in [6.07, 6.45) is 3.29. The van der Waals surface area contributed by atoms with E-state index in [1.807, 2.05) is 45.0 Å². The van der Waals surface area contributed by atoms with Gasteiger partial charge in [0, 0.05) is 23.5 Å². The fourth-order valence-corrected chi connectivity index (χ4v) is 2.52. The molecule has 0 aliphatic heterocycles. The summed E-state index contributed by atoms with van der Waals surface area (Å²) in [7, 11) is 0. The van der Waals surface area contributed by atoms with Gasteiger partial charge in [-0.25, -0.2) is 0 Å². The first kappa shape index (κ1) is 18.5. The van der Waals surface area contributed by atoms with Gasteiger partial charge in [-0.15, -0.1) is 0 Å². The Morgan fingerprint density at radius 3 is 2.33 bits per heavy atom. The normalized spacial score (nSPS) is 11.6. The number of hydrogen-bond acceptors (Lipinski definition) is 5. The Morgan fingerprint density at radius 2 is 1.67 bits per heavy atom. The van der Waals surface area contributed by atoms with E-state index in [2.05, 4.69) is 15.0 Å². The summed E-state index contributed by atoms with van der Waals surface area (Å²) in [5.41, 5.74) is 2.51. The lowest BCUT2D eigenvalue weighted by Gasteiger charge is -2.11. The summed E-state index contributed by atoms with van der Waals surface area (Å²) < 4.78 is 11.2. The second kappa shape index (κ2) is 8.40. The molecular formula is C21H21N3O3. The highest BCUT2D eigenvalue weighted by atomic mass is 16.5. The zero-order valence-electron chi connectivity index (χ0n) is 15.5. The maximum Gasteiger partial charge on any atom is 0.280 e. The van der Waals surface area contributed by atoms with E-state index in [9.17, 15) is 4.79 Å². The number of rotatable bonds is 5. The lowest BCUT2D eigenvalue weighted by atomic mass is 10.1. The molecule has 138 valence electrons. The molecule has 0 aliphatic rings. The quantitative estimate of drug-likeness (QED) is 0.505. The molecule has 3 aromatic rings. The average Bonchev–Trinajstić information content (AvgIpc) is 2.67. The highest BCUT2D eigenvalue weighted by Crippen LogP contribution is 2.16. The predicted molar refractivity (Wildman–Crippen MR) is 104 cm³/mol. The van der Waals surface area contributed by atoms with Crippen molar-refractivity contribution in [1.29, 1.82) is 0 Å². The van der Waals surface area contributed by atoms with E-state index >= 15 is 0 Å². The van der Waals surface area contributed by atoms with Crippen molar-refractivity contribution in [2.24, 2.45) is 4.99 Å². The smallest absolute Gasteiger partial charge is 0.280 e. The molecule has 0 bridgehead atoms. The highest BCUT2D eigenvalue weighted by Gasteiger charge is 2.12. The van der Waals surface area contributed by atoms with Crippen LogP contribution in [0.5, 0.6) is 5.75 Å². The van der Waals surface area contributed by atoms with Crippen molar-refractivity contribution in [1.82, 2.24) is 9.97 Å². The number of nitrogens with zero attached hydrogens (tertiary/aromatic N) is 3. The van der Waals surface area contributed by atoms with Crippen LogP contribution in [0.1, 0.15) is 36.7 Å². The molecule has 27 heavy (non-hydrogen) atoms. The van der Waals surface area contributed by atoms with Crippen molar-refractivity contribution < 1.29 is 14.3 Å². The van der Waals surface area contributed by atoms with Crippen molar-refractivity contribution in [3.63, 3.8) is 0 Å². The van der Waals surface area contributed by atoms with Crippen LogP contribution in [-0.2, 0) is 4.74 Å². The van der Waals surface area contributed by atoms with Gasteiger partial charge in [-0.3, -0.25) is 14.8 Å². The van der Waals surface area contributed by atoms with Gasteiger partial charge < -0.3 is 9.47 Å². The molecule has 1 amide bonds. The summed E-state index contributed by atoms with van der Waals surface area (Å²) in [5, 5.41) is 0. The first-order chi connectivity index (χ1) is 13.1. The first-order valence-corrected chi connectivity index (χ1v) is 8.80. The monoisotopic (exact) mass is 363 g/mol. The lowest BCUT2D eigenvalue weighted by molar-refractivity contribution is 0.0999. The van der Waals surface area contributed by atoms with E-state index in [0.717, 1.165) is 11.3 Å². The number of benzene rings is 2. The first-order valence-electron chi connectivity index (χ1n) is 8.80. The summed E-state index contributed by atoms with van der Waals surface area (Å²) in [6, 6.07) is 12.4. The van der Waals surface area contributed by atoms with Crippen molar-refractivity contribution in [2.75, 3.05) is 6.61 Å². The van der Waals surface area contributed by atoms with Crippen LogP contribution in [0.25, 0.3) is 11.0 Å². The van der Waals surface area contributed by atoms with Gasteiger partial charge in [0.05, 0.1) is 23.7 Å². The molecule has 0 radical (unpaired) electrons. The minimum atomic E-state index is -0.395. The minimum absolute atomic E-state index is 0.0912. The van der Waals surface area contributed by atoms with Crippen LogP contribution in [0, 0.1) is 0 Å². The maximum absolute atomic E-state index is 12.6. The number of amides is 1. The van der Waals surface area contributed by atoms with Gasteiger partial charge in [0.1, 0.15) is 5.75 Å². The fraction of sp³-hybridized carbons (Fsp3) is 0.238. The molecule has 0 spiro atoms.